The van der Waals surface area contributed by atoms with Crippen LogP contribution in [0.25, 0.3) is 0 Å². The van der Waals surface area contributed by atoms with E-state index in [4.69, 9.17) is 9.84 Å². The third-order valence-electron chi connectivity index (χ3n) is 4.77. The van der Waals surface area contributed by atoms with Crippen molar-refractivity contribution in [2.24, 2.45) is 0 Å². The highest BCUT2D eigenvalue weighted by Crippen LogP contribution is 2.34. The van der Waals surface area contributed by atoms with Gasteiger partial charge in [0.15, 0.2) is 0 Å². The van der Waals surface area contributed by atoms with Crippen molar-refractivity contribution in [2.75, 3.05) is 45.9 Å². The van der Waals surface area contributed by atoms with E-state index in [-0.39, 0.29) is 25.0 Å². The summed E-state index contributed by atoms with van der Waals surface area (Å²) in [6, 6.07) is 6.14. The number of esters is 1. The summed E-state index contributed by atoms with van der Waals surface area (Å²) in [5, 5.41) is 9.01. The minimum atomic E-state index is -0.189. The van der Waals surface area contributed by atoms with Gasteiger partial charge in [-0.1, -0.05) is 45.9 Å². The molecule has 1 heterocycles. The Bertz CT molecular complexity index is 544. The molecule has 5 nitrogen and oxygen atoms in total. The molecule has 6 heteroatoms. The van der Waals surface area contributed by atoms with Crippen LogP contribution >= 0.6 is 12.4 Å². The predicted octanol–water partition coefficient (Wildman–Crippen LogP) is 2.87. The average molecular weight is 385 g/mol. The van der Waals surface area contributed by atoms with Crippen LogP contribution in [0.5, 0.6) is 5.75 Å². The molecule has 1 N–H and O–H groups in total. The Labute approximate surface area is 163 Å². The van der Waals surface area contributed by atoms with Gasteiger partial charge in [-0.15, -0.1) is 12.4 Å². The van der Waals surface area contributed by atoms with Crippen molar-refractivity contribution >= 4 is 18.4 Å². The van der Waals surface area contributed by atoms with Gasteiger partial charge in [-0.3, -0.25) is 14.6 Å². The molecule has 1 aliphatic rings. The number of carbonyl (C=O) groups is 1. The Kier molecular flexibility index (Phi) is 9.58. The molecule has 0 spiro atoms. The SMILES string of the molecule is CC(C)c1cccc(C(C)C)c1OC(=O)CN1CCN(CCO)CC1.Cl. The maximum Gasteiger partial charge on any atom is 0.325 e. The highest BCUT2D eigenvalue weighted by molar-refractivity contribution is 5.85. The first-order valence-electron chi connectivity index (χ1n) is 9.31. The quantitative estimate of drug-likeness (QED) is 0.578. The Hall–Kier alpha value is -1.14. The number of β-amino-alcohol motifs (C(OH)–C–C–N with tert-alkyl or cyclic N) is 1. The molecular weight excluding hydrogens is 352 g/mol. The summed E-state index contributed by atoms with van der Waals surface area (Å²) in [7, 11) is 0. The number of halogens is 1. The van der Waals surface area contributed by atoms with Crippen molar-refractivity contribution < 1.29 is 14.6 Å². The standard InChI is InChI=1S/C20H32N2O3.ClH/c1-15(2)17-6-5-7-18(16(3)4)20(17)25-19(24)14-22-10-8-21(9-11-22)12-13-23;/h5-7,15-16,23H,8-14H2,1-4H3;1H. The fraction of sp³-hybridized carbons (Fsp3) is 0.650. The van der Waals surface area contributed by atoms with Crippen LogP contribution in [0.3, 0.4) is 0 Å². The van der Waals surface area contributed by atoms with E-state index in [2.05, 4.69) is 37.5 Å². The normalized spacial score (nSPS) is 16.0. The molecule has 26 heavy (non-hydrogen) atoms. The monoisotopic (exact) mass is 384 g/mol. The van der Waals surface area contributed by atoms with Gasteiger partial charge in [0.05, 0.1) is 13.2 Å². The lowest BCUT2D eigenvalue weighted by atomic mass is 9.94. The molecule has 1 fully saturated rings. The van der Waals surface area contributed by atoms with E-state index in [1.165, 1.54) is 0 Å². The summed E-state index contributed by atoms with van der Waals surface area (Å²) in [5.41, 5.74) is 2.18. The number of ether oxygens (including phenoxy) is 1. The first-order valence-corrected chi connectivity index (χ1v) is 9.31. The van der Waals surface area contributed by atoms with Gasteiger partial charge in [0.25, 0.3) is 0 Å². The summed E-state index contributed by atoms with van der Waals surface area (Å²) in [5.74, 6) is 1.18. The van der Waals surface area contributed by atoms with E-state index in [1.807, 2.05) is 18.2 Å². The lowest BCUT2D eigenvalue weighted by Crippen LogP contribution is -2.49. The van der Waals surface area contributed by atoms with E-state index >= 15 is 0 Å². The van der Waals surface area contributed by atoms with Crippen LogP contribution < -0.4 is 4.74 Å². The van der Waals surface area contributed by atoms with Gasteiger partial charge >= 0.3 is 5.97 Å². The fourth-order valence-electron chi connectivity index (χ4n) is 3.24. The van der Waals surface area contributed by atoms with Crippen molar-refractivity contribution in [3.8, 4) is 5.75 Å². The molecular formula is C20H33ClN2O3. The Balaban J connectivity index is 0.00000338. The first kappa shape index (κ1) is 22.9. The number of carbonyl (C=O) groups excluding carboxylic acids is 1. The number of aliphatic hydroxyl groups is 1. The van der Waals surface area contributed by atoms with Gasteiger partial charge in [0, 0.05) is 32.7 Å². The highest BCUT2D eigenvalue weighted by Gasteiger charge is 2.22. The number of hydrogen-bond donors (Lipinski definition) is 1. The molecule has 0 unspecified atom stereocenters. The molecule has 0 aliphatic carbocycles. The zero-order valence-corrected chi connectivity index (χ0v) is 17.2. The smallest absolute Gasteiger partial charge is 0.325 e. The number of benzene rings is 1. The molecule has 1 aromatic carbocycles. The van der Waals surface area contributed by atoms with Crippen LogP contribution in [0.1, 0.15) is 50.7 Å². The summed E-state index contributed by atoms with van der Waals surface area (Å²) in [6.07, 6.45) is 0. The van der Waals surface area contributed by atoms with E-state index in [9.17, 15) is 4.79 Å². The third kappa shape index (κ3) is 6.23. The van der Waals surface area contributed by atoms with E-state index in [1.54, 1.807) is 0 Å². The molecule has 2 rings (SSSR count). The van der Waals surface area contributed by atoms with Crippen molar-refractivity contribution in [1.82, 2.24) is 9.80 Å². The zero-order valence-electron chi connectivity index (χ0n) is 16.4. The van der Waals surface area contributed by atoms with Crippen molar-refractivity contribution in [1.29, 1.82) is 0 Å². The van der Waals surface area contributed by atoms with Crippen LogP contribution in [0.2, 0.25) is 0 Å². The molecule has 1 saturated heterocycles. The van der Waals surface area contributed by atoms with Gasteiger partial charge < -0.3 is 9.84 Å². The van der Waals surface area contributed by atoms with E-state index in [0.29, 0.717) is 24.9 Å². The second-order valence-corrected chi connectivity index (χ2v) is 7.39. The molecule has 0 amide bonds. The summed E-state index contributed by atoms with van der Waals surface area (Å²) >= 11 is 0. The molecule has 148 valence electrons. The largest absolute Gasteiger partial charge is 0.425 e. The van der Waals surface area contributed by atoms with Crippen LogP contribution in [0.15, 0.2) is 18.2 Å². The Morgan fingerprint density at radius 1 is 1.04 bits per heavy atom. The van der Waals surface area contributed by atoms with Gasteiger partial charge in [0.1, 0.15) is 5.75 Å². The van der Waals surface area contributed by atoms with Crippen LogP contribution in [-0.4, -0.2) is 66.8 Å². The molecule has 0 bridgehead atoms. The van der Waals surface area contributed by atoms with Gasteiger partial charge in [-0.2, -0.15) is 0 Å². The average Bonchev–Trinajstić information content (AvgIpc) is 2.56. The van der Waals surface area contributed by atoms with Crippen LogP contribution in [0, 0.1) is 0 Å². The molecule has 0 atom stereocenters. The molecule has 1 aliphatic heterocycles. The van der Waals surface area contributed by atoms with Gasteiger partial charge in [-0.25, -0.2) is 0 Å². The predicted molar refractivity (Wildman–Crippen MR) is 107 cm³/mol. The van der Waals surface area contributed by atoms with Crippen molar-refractivity contribution in [3.05, 3.63) is 29.3 Å². The summed E-state index contributed by atoms with van der Waals surface area (Å²) in [6.45, 7) is 13.1. The Morgan fingerprint density at radius 3 is 2.00 bits per heavy atom. The fourth-order valence-corrected chi connectivity index (χ4v) is 3.24. The number of para-hydroxylation sites is 1. The first-order chi connectivity index (χ1) is 11.9. The number of aliphatic hydroxyl groups excluding tert-OH is 1. The Morgan fingerprint density at radius 2 is 1.54 bits per heavy atom. The van der Waals surface area contributed by atoms with Gasteiger partial charge in [-0.05, 0) is 23.0 Å². The summed E-state index contributed by atoms with van der Waals surface area (Å²) < 4.78 is 5.84. The third-order valence-corrected chi connectivity index (χ3v) is 4.77. The maximum atomic E-state index is 12.5. The molecule has 0 saturated carbocycles. The zero-order chi connectivity index (χ0) is 18.4. The van der Waals surface area contributed by atoms with E-state index in [0.717, 1.165) is 43.1 Å². The lowest BCUT2D eigenvalue weighted by Gasteiger charge is -2.33. The molecule has 0 radical (unpaired) electrons. The topological polar surface area (TPSA) is 53.0 Å². The van der Waals surface area contributed by atoms with Crippen molar-refractivity contribution in [2.45, 2.75) is 39.5 Å². The summed E-state index contributed by atoms with van der Waals surface area (Å²) in [4.78, 5) is 16.9. The lowest BCUT2D eigenvalue weighted by molar-refractivity contribution is -0.136. The second kappa shape index (κ2) is 10.9. The number of piperazine rings is 1. The van der Waals surface area contributed by atoms with Crippen LogP contribution in [0.4, 0.5) is 0 Å². The highest BCUT2D eigenvalue weighted by atomic mass is 35.5. The molecule has 1 aromatic rings. The molecule has 0 aromatic heterocycles. The minimum Gasteiger partial charge on any atom is -0.425 e. The number of nitrogens with zero attached hydrogens (tertiary/aromatic N) is 2. The second-order valence-electron chi connectivity index (χ2n) is 7.39. The van der Waals surface area contributed by atoms with E-state index < -0.39 is 0 Å². The van der Waals surface area contributed by atoms with Crippen LogP contribution in [-0.2, 0) is 4.79 Å². The van der Waals surface area contributed by atoms with Crippen molar-refractivity contribution in [3.63, 3.8) is 0 Å². The number of rotatable bonds is 7. The maximum absolute atomic E-state index is 12.5. The minimum absolute atomic E-state index is 0. The number of hydrogen-bond acceptors (Lipinski definition) is 5. The van der Waals surface area contributed by atoms with Gasteiger partial charge in [0.2, 0.25) is 0 Å².